The topological polar surface area (TPSA) is 90.4 Å². The molecule has 3 atom stereocenters. The van der Waals surface area contributed by atoms with Gasteiger partial charge in [-0.25, -0.2) is 9.59 Å². The number of amides is 1. The summed E-state index contributed by atoms with van der Waals surface area (Å²) in [4.78, 5) is 22.2. The first kappa shape index (κ1) is 8.31. The minimum atomic E-state index is -1.19. The Hall–Kier alpha value is -1.30. The number of carboxylic acids is 1. The second-order valence-electron chi connectivity index (χ2n) is 3.24. The summed E-state index contributed by atoms with van der Waals surface area (Å²) in [5, 5.41) is 17.4. The van der Waals surface area contributed by atoms with Crippen molar-refractivity contribution in [1.82, 2.24) is 4.90 Å². The van der Waals surface area contributed by atoms with E-state index in [1.807, 2.05) is 0 Å². The third-order valence-corrected chi connectivity index (χ3v) is 2.43. The monoisotopic (exact) mass is 187 g/mol. The Labute approximate surface area is 73.7 Å². The van der Waals surface area contributed by atoms with E-state index in [1.165, 1.54) is 0 Å². The zero-order valence-electron chi connectivity index (χ0n) is 6.71. The Morgan fingerprint density at radius 3 is 2.54 bits per heavy atom. The van der Waals surface area contributed by atoms with E-state index in [-0.39, 0.29) is 25.2 Å². The number of epoxide rings is 1. The van der Waals surface area contributed by atoms with Crippen LogP contribution in [-0.2, 0) is 9.53 Å². The molecule has 0 spiro atoms. The molecule has 2 aliphatic heterocycles. The molecule has 0 aromatic heterocycles. The molecule has 2 rings (SSSR count). The van der Waals surface area contributed by atoms with Gasteiger partial charge in [0, 0.05) is 6.42 Å². The maximum atomic E-state index is 10.7. The van der Waals surface area contributed by atoms with E-state index in [2.05, 4.69) is 0 Å². The van der Waals surface area contributed by atoms with Crippen LogP contribution in [0.5, 0.6) is 0 Å². The molecule has 1 amide bonds. The number of carbonyl (C=O) groups is 2. The lowest BCUT2D eigenvalue weighted by molar-refractivity contribution is -0.143. The lowest BCUT2D eigenvalue weighted by Crippen LogP contribution is -2.50. The predicted molar refractivity (Wildman–Crippen MR) is 39.4 cm³/mol. The van der Waals surface area contributed by atoms with Crippen LogP contribution in [0, 0.1) is 0 Å². The predicted octanol–water partition coefficient (Wildman–Crippen LogP) is -0.409. The highest BCUT2D eigenvalue weighted by Crippen LogP contribution is 2.34. The van der Waals surface area contributed by atoms with Gasteiger partial charge in [-0.3, -0.25) is 4.90 Å². The van der Waals surface area contributed by atoms with Crippen molar-refractivity contribution >= 4 is 12.1 Å². The average Bonchev–Trinajstić information content (AvgIpc) is 2.78. The Balaban J connectivity index is 2.12. The van der Waals surface area contributed by atoms with Crippen LogP contribution in [0.4, 0.5) is 4.79 Å². The van der Waals surface area contributed by atoms with Crippen molar-refractivity contribution in [2.24, 2.45) is 0 Å². The van der Waals surface area contributed by atoms with Gasteiger partial charge in [-0.2, -0.15) is 0 Å². The molecule has 0 saturated carbocycles. The van der Waals surface area contributed by atoms with Gasteiger partial charge in [0.05, 0.1) is 12.6 Å². The first-order valence-electron chi connectivity index (χ1n) is 3.97. The standard InChI is InChI=1S/C7H9NO5/c9-6(10)3-1-4-5(13-4)2-8(3)7(11)12/h3-5H,1-2H2,(H,9,10)(H,11,12)/t3-,4-,5+/m0/s1. The number of nitrogens with zero attached hydrogens (tertiary/aromatic N) is 1. The molecule has 13 heavy (non-hydrogen) atoms. The molecule has 6 nitrogen and oxygen atoms in total. The van der Waals surface area contributed by atoms with E-state index < -0.39 is 18.1 Å². The number of hydrogen-bond acceptors (Lipinski definition) is 3. The van der Waals surface area contributed by atoms with Gasteiger partial charge in [0.2, 0.25) is 0 Å². The molecule has 0 aromatic rings. The second kappa shape index (κ2) is 2.59. The van der Waals surface area contributed by atoms with Crippen LogP contribution < -0.4 is 0 Å². The van der Waals surface area contributed by atoms with Crippen LogP contribution in [0.2, 0.25) is 0 Å². The second-order valence-corrected chi connectivity index (χ2v) is 3.24. The first-order valence-corrected chi connectivity index (χ1v) is 3.97. The third kappa shape index (κ3) is 1.33. The molecule has 72 valence electrons. The lowest BCUT2D eigenvalue weighted by atomic mass is 10.0. The van der Waals surface area contributed by atoms with Crippen LogP contribution in [-0.4, -0.2) is 52.0 Å². The molecular formula is C7H9NO5. The zero-order chi connectivity index (χ0) is 9.59. The lowest BCUT2D eigenvalue weighted by Gasteiger charge is -2.27. The summed E-state index contributed by atoms with van der Waals surface area (Å²) in [5.74, 6) is -1.10. The van der Waals surface area contributed by atoms with Gasteiger partial charge in [0.1, 0.15) is 12.1 Å². The van der Waals surface area contributed by atoms with Gasteiger partial charge in [0.15, 0.2) is 0 Å². The van der Waals surface area contributed by atoms with Gasteiger partial charge < -0.3 is 14.9 Å². The van der Waals surface area contributed by atoms with Crippen LogP contribution in [0.3, 0.4) is 0 Å². The highest BCUT2D eigenvalue weighted by molar-refractivity contribution is 5.79. The number of ether oxygens (including phenoxy) is 1. The summed E-state index contributed by atoms with van der Waals surface area (Å²) in [7, 11) is 0. The molecular weight excluding hydrogens is 178 g/mol. The van der Waals surface area contributed by atoms with E-state index in [4.69, 9.17) is 14.9 Å². The highest BCUT2D eigenvalue weighted by Gasteiger charge is 2.51. The van der Waals surface area contributed by atoms with Crippen LogP contribution in [0.1, 0.15) is 6.42 Å². The van der Waals surface area contributed by atoms with Crippen molar-refractivity contribution in [2.75, 3.05) is 6.54 Å². The van der Waals surface area contributed by atoms with Gasteiger partial charge >= 0.3 is 12.1 Å². The SMILES string of the molecule is O=C(O)[C@@H]1C[C@@H]2O[C@@H]2CN1C(=O)O. The number of likely N-dealkylation sites (tertiary alicyclic amines) is 1. The van der Waals surface area contributed by atoms with Crippen molar-refractivity contribution in [3.8, 4) is 0 Å². The molecule has 0 radical (unpaired) electrons. The quantitative estimate of drug-likeness (QED) is 0.544. The van der Waals surface area contributed by atoms with Crippen LogP contribution >= 0.6 is 0 Å². The number of fused-ring (bicyclic) bond motifs is 1. The molecule has 2 heterocycles. The summed E-state index contributed by atoms with van der Waals surface area (Å²) in [5.41, 5.74) is 0. The third-order valence-electron chi connectivity index (χ3n) is 2.43. The fourth-order valence-corrected chi connectivity index (χ4v) is 1.66. The molecule has 2 aliphatic rings. The molecule has 6 heteroatoms. The molecule has 0 unspecified atom stereocenters. The van der Waals surface area contributed by atoms with Crippen molar-refractivity contribution in [2.45, 2.75) is 24.7 Å². The van der Waals surface area contributed by atoms with E-state index >= 15 is 0 Å². The van der Waals surface area contributed by atoms with Gasteiger partial charge in [0.25, 0.3) is 0 Å². The molecule has 0 aliphatic carbocycles. The van der Waals surface area contributed by atoms with Crippen molar-refractivity contribution in [1.29, 1.82) is 0 Å². The Morgan fingerprint density at radius 1 is 1.31 bits per heavy atom. The average molecular weight is 187 g/mol. The maximum Gasteiger partial charge on any atom is 0.408 e. The Bertz CT molecular complexity index is 240. The zero-order valence-corrected chi connectivity index (χ0v) is 6.71. The minimum Gasteiger partial charge on any atom is -0.480 e. The van der Waals surface area contributed by atoms with Crippen LogP contribution in [0.15, 0.2) is 0 Å². The van der Waals surface area contributed by atoms with Crippen molar-refractivity contribution in [3.05, 3.63) is 0 Å². The Kier molecular flexibility index (Phi) is 1.66. The summed E-state index contributed by atoms with van der Waals surface area (Å²) in [6, 6.07) is -0.943. The summed E-state index contributed by atoms with van der Waals surface area (Å²) in [6.45, 7) is 0.178. The summed E-state index contributed by atoms with van der Waals surface area (Å²) >= 11 is 0. The van der Waals surface area contributed by atoms with E-state index in [9.17, 15) is 9.59 Å². The number of aliphatic carboxylic acids is 1. The molecule has 2 N–H and O–H groups in total. The molecule has 2 fully saturated rings. The molecule has 0 aromatic carbocycles. The summed E-state index contributed by atoms with van der Waals surface area (Å²) < 4.78 is 5.07. The Morgan fingerprint density at radius 2 is 2.00 bits per heavy atom. The highest BCUT2D eigenvalue weighted by atomic mass is 16.6. The first-order chi connectivity index (χ1) is 6.09. The van der Waals surface area contributed by atoms with Crippen molar-refractivity contribution < 1.29 is 24.5 Å². The van der Waals surface area contributed by atoms with Crippen molar-refractivity contribution in [3.63, 3.8) is 0 Å². The molecule has 2 saturated heterocycles. The van der Waals surface area contributed by atoms with E-state index in [0.29, 0.717) is 0 Å². The van der Waals surface area contributed by atoms with E-state index in [1.54, 1.807) is 0 Å². The summed E-state index contributed by atoms with van der Waals surface area (Å²) in [6.07, 6.45) is -1.04. The fourth-order valence-electron chi connectivity index (χ4n) is 1.66. The number of carboxylic acid groups (broad SMARTS) is 2. The van der Waals surface area contributed by atoms with Gasteiger partial charge in [-0.05, 0) is 0 Å². The number of rotatable bonds is 1. The number of piperidine rings is 1. The largest absolute Gasteiger partial charge is 0.480 e. The fraction of sp³-hybridized carbons (Fsp3) is 0.714. The molecule has 0 bridgehead atoms. The van der Waals surface area contributed by atoms with Crippen LogP contribution in [0.25, 0.3) is 0 Å². The maximum absolute atomic E-state index is 10.7. The van der Waals surface area contributed by atoms with Gasteiger partial charge in [-0.1, -0.05) is 0 Å². The normalized spacial score (nSPS) is 36.6. The smallest absolute Gasteiger partial charge is 0.408 e. The minimum absolute atomic E-state index is 0.0447. The number of hydrogen-bond donors (Lipinski definition) is 2. The van der Waals surface area contributed by atoms with Gasteiger partial charge in [-0.15, -0.1) is 0 Å². The van der Waals surface area contributed by atoms with E-state index in [0.717, 1.165) is 4.90 Å².